The number of hydrogen-bond acceptors (Lipinski definition) is 4. The monoisotopic (exact) mass is 464 g/mol. The van der Waals surface area contributed by atoms with Gasteiger partial charge in [-0.1, -0.05) is 54.6 Å². The number of aromatic nitrogens is 1. The van der Waals surface area contributed by atoms with Crippen molar-refractivity contribution < 1.29 is 14.3 Å². The fourth-order valence-electron chi connectivity index (χ4n) is 4.62. The zero-order valence-electron chi connectivity index (χ0n) is 19.9. The van der Waals surface area contributed by atoms with Crippen LogP contribution in [0.2, 0.25) is 0 Å². The predicted octanol–water partition coefficient (Wildman–Crippen LogP) is 5.89. The molecule has 176 valence electrons. The number of esters is 1. The van der Waals surface area contributed by atoms with E-state index in [1.54, 1.807) is 12.3 Å². The average Bonchev–Trinajstić information content (AvgIpc) is 3.68. The minimum atomic E-state index is -0.332. The smallest absolute Gasteiger partial charge is 0.338 e. The van der Waals surface area contributed by atoms with Crippen molar-refractivity contribution in [2.45, 2.75) is 38.8 Å². The Kier molecular flexibility index (Phi) is 6.32. The Bertz CT molecular complexity index is 1380. The van der Waals surface area contributed by atoms with Crippen molar-refractivity contribution in [1.82, 2.24) is 10.3 Å². The van der Waals surface area contributed by atoms with E-state index in [1.165, 1.54) is 5.56 Å². The van der Waals surface area contributed by atoms with Crippen LogP contribution in [-0.2, 0) is 16.1 Å². The van der Waals surface area contributed by atoms with Crippen LogP contribution in [0.3, 0.4) is 0 Å². The Morgan fingerprint density at radius 1 is 1.00 bits per heavy atom. The second-order valence-electron chi connectivity index (χ2n) is 9.31. The largest absolute Gasteiger partial charge is 0.459 e. The maximum absolute atomic E-state index is 12.8. The fourth-order valence-corrected chi connectivity index (χ4v) is 4.62. The first-order valence-electron chi connectivity index (χ1n) is 12.0. The standard InChI is InChI=1S/C30H28N2O3/c1-19(2)35-30(34)22-10-6-9-21(15-22)24-12-11-23(28-18-31-14-13-25(24)28)17-32-29(33)27-16-26(27)20-7-4-3-5-8-20/h3-15,18-19,26-27H,16-17H2,1-2H3,(H,32,33). The lowest BCUT2D eigenvalue weighted by Gasteiger charge is -2.13. The summed E-state index contributed by atoms with van der Waals surface area (Å²) in [4.78, 5) is 29.5. The zero-order chi connectivity index (χ0) is 24.4. The molecule has 0 spiro atoms. The van der Waals surface area contributed by atoms with Crippen LogP contribution in [0.1, 0.15) is 47.7 Å². The predicted molar refractivity (Wildman–Crippen MR) is 137 cm³/mol. The molecule has 35 heavy (non-hydrogen) atoms. The molecule has 5 rings (SSSR count). The van der Waals surface area contributed by atoms with Crippen LogP contribution in [0.25, 0.3) is 21.9 Å². The molecule has 1 aromatic heterocycles. The number of amides is 1. The van der Waals surface area contributed by atoms with Crippen LogP contribution in [0.4, 0.5) is 0 Å². The molecule has 1 aliphatic carbocycles. The van der Waals surface area contributed by atoms with Gasteiger partial charge in [-0.2, -0.15) is 0 Å². The zero-order valence-corrected chi connectivity index (χ0v) is 19.9. The first-order valence-corrected chi connectivity index (χ1v) is 12.0. The van der Waals surface area contributed by atoms with E-state index in [2.05, 4.69) is 22.4 Å². The van der Waals surface area contributed by atoms with E-state index in [0.29, 0.717) is 18.0 Å². The van der Waals surface area contributed by atoms with Crippen molar-refractivity contribution in [3.8, 4) is 11.1 Å². The second-order valence-corrected chi connectivity index (χ2v) is 9.31. The molecule has 5 nitrogen and oxygen atoms in total. The third-order valence-electron chi connectivity index (χ3n) is 6.47. The minimum Gasteiger partial charge on any atom is -0.459 e. The van der Waals surface area contributed by atoms with E-state index in [4.69, 9.17) is 4.74 Å². The summed E-state index contributed by atoms with van der Waals surface area (Å²) in [6.07, 6.45) is 4.32. The summed E-state index contributed by atoms with van der Waals surface area (Å²) < 4.78 is 5.36. The summed E-state index contributed by atoms with van der Waals surface area (Å²) in [6, 6.07) is 23.7. The van der Waals surface area contributed by atoms with Crippen LogP contribution in [0.15, 0.2) is 85.2 Å². The third kappa shape index (κ3) is 4.94. The van der Waals surface area contributed by atoms with Crippen molar-refractivity contribution in [1.29, 1.82) is 0 Å². The highest BCUT2D eigenvalue weighted by molar-refractivity contribution is 5.99. The number of hydrogen-bond donors (Lipinski definition) is 1. The molecule has 0 bridgehead atoms. The normalized spacial score (nSPS) is 16.8. The van der Waals surface area contributed by atoms with E-state index < -0.39 is 0 Å². The van der Waals surface area contributed by atoms with Crippen LogP contribution in [-0.4, -0.2) is 23.0 Å². The quantitative estimate of drug-likeness (QED) is 0.347. The van der Waals surface area contributed by atoms with E-state index >= 15 is 0 Å². The average molecular weight is 465 g/mol. The number of fused-ring (bicyclic) bond motifs is 1. The number of carbonyl (C=O) groups is 2. The Labute approximate surface area is 205 Å². The van der Waals surface area contributed by atoms with Gasteiger partial charge in [-0.25, -0.2) is 4.79 Å². The Balaban J connectivity index is 1.35. The van der Waals surface area contributed by atoms with E-state index in [9.17, 15) is 9.59 Å². The van der Waals surface area contributed by atoms with E-state index in [-0.39, 0.29) is 23.9 Å². The fraction of sp³-hybridized carbons (Fsp3) is 0.233. The van der Waals surface area contributed by atoms with Gasteiger partial charge in [0.1, 0.15) is 0 Å². The van der Waals surface area contributed by atoms with Gasteiger partial charge >= 0.3 is 5.97 Å². The molecule has 1 saturated carbocycles. The maximum Gasteiger partial charge on any atom is 0.338 e. The molecule has 2 unspecified atom stereocenters. The van der Waals surface area contributed by atoms with Gasteiger partial charge in [-0.3, -0.25) is 9.78 Å². The number of ether oxygens (including phenoxy) is 1. The van der Waals surface area contributed by atoms with Crippen LogP contribution in [0, 0.1) is 5.92 Å². The molecule has 1 amide bonds. The molecule has 1 fully saturated rings. The van der Waals surface area contributed by atoms with Crippen molar-refractivity contribution in [3.63, 3.8) is 0 Å². The van der Waals surface area contributed by atoms with Crippen molar-refractivity contribution in [3.05, 3.63) is 102 Å². The van der Waals surface area contributed by atoms with Gasteiger partial charge in [0.2, 0.25) is 5.91 Å². The van der Waals surface area contributed by atoms with Crippen LogP contribution >= 0.6 is 0 Å². The van der Waals surface area contributed by atoms with Gasteiger partial charge < -0.3 is 10.1 Å². The summed E-state index contributed by atoms with van der Waals surface area (Å²) >= 11 is 0. The Morgan fingerprint density at radius 3 is 2.63 bits per heavy atom. The van der Waals surface area contributed by atoms with Gasteiger partial charge in [0.05, 0.1) is 11.7 Å². The number of pyridine rings is 1. The second kappa shape index (κ2) is 9.71. The number of nitrogens with zero attached hydrogens (tertiary/aromatic N) is 1. The number of nitrogens with one attached hydrogen (secondary N) is 1. The molecule has 3 aromatic carbocycles. The summed E-state index contributed by atoms with van der Waals surface area (Å²) in [5.74, 6) is 0.110. The minimum absolute atomic E-state index is 0.0365. The summed E-state index contributed by atoms with van der Waals surface area (Å²) in [5, 5.41) is 5.13. The van der Waals surface area contributed by atoms with Gasteiger partial charge in [-0.15, -0.1) is 0 Å². The molecular weight excluding hydrogens is 436 g/mol. The summed E-state index contributed by atoms with van der Waals surface area (Å²) in [6.45, 7) is 4.12. The lowest BCUT2D eigenvalue weighted by Crippen LogP contribution is -2.25. The Morgan fingerprint density at radius 2 is 1.83 bits per heavy atom. The van der Waals surface area contributed by atoms with Gasteiger partial charge in [0.15, 0.2) is 0 Å². The molecule has 4 aromatic rings. The molecule has 1 heterocycles. The molecule has 0 saturated heterocycles. The highest BCUT2D eigenvalue weighted by Gasteiger charge is 2.43. The van der Waals surface area contributed by atoms with Crippen LogP contribution < -0.4 is 5.32 Å². The molecular formula is C30H28N2O3. The lowest BCUT2D eigenvalue weighted by atomic mass is 9.95. The highest BCUT2D eigenvalue weighted by Crippen LogP contribution is 2.47. The summed E-state index contributed by atoms with van der Waals surface area (Å²) in [5.41, 5.74) is 4.69. The van der Waals surface area contributed by atoms with Crippen molar-refractivity contribution >= 4 is 22.6 Å². The number of carbonyl (C=O) groups excluding carboxylic acids is 2. The van der Waals surface area contributed by atoms with E-state index in [1.807, 2.05) is 74.6 Å². The molecule has 5 heteroatoms. The first kappa shape index (κ1) is 22.8. The maximum atomic E-state index is 12.8. The molecule has 0 radical (unpaired) electrons. The number of rotatable bonds is 7. The van der Waals surface area contributed by atoms with Crippen molar-refractivity contribution in [2.24, 2.45) is 5.92 Å². The third-order valence-corrected chi connectivity index (χ3v) is 6.47. The molecule has 0 aliphatic heterocycles. The SMILES string of the molecule is CC(C)OC(=O)c1cccc(-c2ccc(CNC(=O)C3CC3c3ccccc3)c3cnccc23)c1. The van der Waals surface area contributed by atoms with Gasteiger partial charge in [0.25, 0.3) is 0 Å². The highest BCUT2D eigenvalue weighted by atomic mass is 16.5. The van der Waals surface area contributed by atoms with E-state index in [0.717, 1.165) is 33.9 Å². The lowest BCUT2D eigenvalue weighted by molar-refractivity contribution is -0.122. The summed E-state index contributed by atoms with van der Waals surface area (Å²) in [7, 11) is 0. The first-order chi connectivity index (χ1) is 17.0. The Hall–Kier alpha value is -3.99. The molecule has 1 N–H and O–H groups in total. The van der Waals surface area contributed by atoms with Crippen LogP contribution in [0.5, 0.6) is 0 Å². The topological polar surface area (TPSA) is 68.3 Å². The molecule has 2 atom stereocenters. The van der Waals surface area contributed by atoms with Gasteiger partial charge in [0, 0.05) is 30.2 Å². The van der Waals surface area contributed by atoms with Gasteiger partial charge in [-0.05, 0) is 72.0 Å². The van der Waals surface area contributed by atoms with Crippen molar-refractivity contribution in [2.75, 3.05) is 0 Å². The molecule has 1 aliphatic rings. The number of benzene rings is 3.